The first-order valence-corrected chi connectivity index (χ1v) is 16.0. The molecule has 6 nitrogen and oxygen atoms in total. The number of nitrogens with zero attached hydrogens (tertiary/aromatic N) is 4. The minimum absolute atomic E-state index is 0.0837. The molecule has 2 aromatic carbocycles. The predicted molar refractivity (Wildman–Crippen MR) is 168 cm³/mol. The Balaban J connectivity index is 1.46. The summed E-state index contributed by atoms with van der Waals surface area (Å²) in [7, 11) is 0. The van der Waals surface area contributed by atoms with Gasteiger partial charge in [-0.05, 0) is 53.9 Å². The minimum atomic E-state index is -0.906. The summed E-state index contributed by atoms with van der Waals surface area (Å²) in [6.07, 6.45) is 13.2. The van der Waals surface area contributed by atoms with Crippen LogP contribution in [0.5, 0.6) is 0 Å². The smallest absolute Gasteiger partial charge is 0.336 e. The maximum atomic E-state index is 11.8. The normalized spacial score (nSPS) is 17.1. The summed E-state index contributed by atoms with van der Waals surface area (Å²) in [5.41, 5.74) is 7.78. The van der Waals surface area contributed by atoms with Gasteiger partial charge in [0.25, 0.3) is 0 Å². The highest BCUT2D eigenvalue weighted by Gasteiger charge is 2.30. The van der Waals surface area contributed by atoms with Gasteiger partial charge < -0.3 is 9.67 Å². The first kappa shape index (κ1) is 28.6. The van der Waals surface area contributed by atoms with E-state index >= 15 is 0 Å². The molecule has 220 valence electrons. The van der Waals surface area contributed by atoms with Gasteiger partial charge >= 0.3 is 5.97 Å². The van der Waals surface area contributed by atoms with Crippen molar-refractivity contribution >= 4 is 17.0 Å². The molecule has 0 amide bonds. The van der Waals surface area contributed by atoms with E-state index in [2.05, 4.69) is 49.6 Å². The number of hydrogen-bond donors (Lipinski definition) is 1. The summed E-state index contributed by atoms with van der Waals surface area (Å²) in [6.45, 7) is 7.56. The van der Waals surface area contributed by atoms with Crippen molar-refractivity contribution in [2.24, 2.45) is 5.41 Å². The van der Waals surface area contributed by atoms with E-state index < -0.39 is 5.97 Å². The Kier molecular flexibility index (Phi) is 8.15. The highest BCUT2D eigenvalue weighted by Crippen LogP contribution is 2.40. The average Bonchev–Trinajstić information content (AvgIpc) is 3.34. The Morgan fingerprint density at radius 3 is 2.05 bits per heavy atom. The number of aromatic carboxylic acids is 1. The van der Waals surface area contributed by atoms with Crippen LogP contribution in [0.4, 0.5) is 0 Å². The predicted octanol–water partition coefficient (Wildman–Crippen LogP) is 8.92. The molecule has 42 heavy (non-hydrogen) atoms. The lowest BCUT2D eigenvalue weighted by molar-refractivity contribution is 0.0697. The molecule has 1 N–H and O–H groups in total. The topological polar surface area (TPSA) is 80.9 Å². The molecule has 2 aromatic heterocycles. The molecule has 0 bridgehead atoms. The van der Waals surface area contributed by atoms with Crippen LogP contribution in [0.1, 0.15) is 130 Å². The first-order chi connectivity index (χ1) is 20.3. The molecule has 2 fully saturated rings. The second-order valence-electron chi connectivity index (χ2n) is 13.7. The third-order valence-electron chi connectivity index (χ3n) is 9.23. The highest BCUT2D eigenvalue weighted by atomic mass is 16.4. The van der Waals surface area contributed by atoms with E-state index in [0.717, 1.165) is 40.3 Å². The summed E-state index contributed by atoms with van der Waals surface area (Å²) in [5, 5.41) is 19.7. The van der Waals surface area contributed by atoms with Gasteiger partial charge in [-0.2, -0.15) is 10.2 Å². The molecule has 2 aliphatic carbocycles. The van der Waals surface area contributed by atoms with Crippen molar-refractivity contribution in [1.82, 2.24) is 19.7 Å². The molecular weight excluding hydrogens is 520 g/mol. The maximum Gasteiger partial charge on any atom is 0.336 e. The van der Waals surface area contributed by atoms with Crippen LogP contribution in [0, 0.1) is 5.41 Å². The second-order valence-corrected chi connectivity index (χ2v) is 13.7. The molecule has 0 aliphatic heterocycles. The van der Waals surface area contributed by atoms with Crippen LogP contribution < -0.4 is 0 Å². The molecule has 2 heterocycles. The van der Waals surface area contributed by atoms with Crippen molar-refractivity contribution < 1.29 is 9.90 Å². The Morgan fingerprint density at radius 1 is 0.833 bits per heavy atom. The Bertz CT molecular complexity index is 1550. The van der Waals surface area contributed by atoms with Crippen molar-refractivity contribution in [1.29, 1.82) is 0 Å². The van der Waals surface area contributed by atoms with Gasteiger partial charge in [0, 0.05) is 24.8 Å². The fourth-order valence-electron chi connectivity index (χ4n) is 7.12. The summed E-state index contributed by atoms with van der Waals surface area (Å²) >= 11 is 0. The zero-order chi connectivity index (χ0) is 29.3. The van der Waals surface area contributed by atoms with Crippen molar-refractivity contribution in [2.75, 3.05) is 0 Å². The van der Waals surface area contributed by atoms with Crippen LogP contribution >= 0.6 is 0 Å². The van der Waals surface area contributed by atoms with Crippen LogP contribution in [-0.4, -0.2) is 30.8 Å². The monoisotopic (exact) mass is 564 g/mol. The van der Waals surface area contributed by atoms with E-state index in [9.17, 15) is 9.90 Å². The summed E-state index contributed by atoms with van der Waals surface area (Å²) in [5.74, 6) is 1.08. The molecule has 4 aromatic rings. The van der Waals surface area contributed by atoms with E-state index in [1.807, 2.05) is 12.1 Å². The lowest BCUT2D eigenvalue weighted by Gasteiger charge is -2.25. The fraction of sp³-hybridized carbons (Fsp3) is 0.500. The number of benzene rings is 2. The lowest BCUT2D eigenvalue weighted by Crippen LogP contribution is -2.17. The molecule has 2 saturated carbocycles. The number of imidazole rings is 1. The fourth-order valence-corrected chi connectivity index (χ4v) is 7.12. The van der Waals surface area contributed by atoms with E-state index in [-0.39, 0.29) is 5.41 Å². The summed E-state index contributed by atoms with van der Waals surface area (Å²) < 4.78 is 2.45. The minimum Gasteiger partial charge on any atom is -0.478 e. The number of hydrogen-bond acceptors (Lipinski definition) is 4. The zero-order valence-corrected chi connectivity index (χ0v) is 25.4. The van der Waals surface area contributed by atoms with Crippen LogP contribution in [-0.2, 0) is 13.0 Å². The SMILES string of the molecule is CC(C)(C)Cc1nc2c(C3CCCCC3)nnc(C3CCCCC3)c2n1Cc1ccc(-c2ccccc2C(=O)O)cc1. The van der Waals surface area contributed by atoms with E-state index in [1.165, 1.54) is 75.3 Å². The quantitative estimate of drug-likeness (QED) is 0.242. The maximum absolute atomic E-state index is 11.8. The second kappa shape index (κ2) is 12.0. The van der Waals surface area contributed by atoms with E-state index in [0.29, 0.717) is 23.9 Å². The summed E-state index contributed by atoms with van der Waals surface area (Å²) in [6, 6.07) is 15.6. The van der Waals surface area contributed by atoms with Crippen molar-refractivity contribution in [3.63, 3.8) is 0 Å². The van der Waals surface area contributed by atoms with E-state index in [4.69, 9.17) is 15.2 Å². The molecular formula is C36H44N4O2. The molecule has 0 unspecified atom stereocenters. The van der Waals surface area contributed by atoms with Gasteiger partial charge in [0.2, 0.25) is 0 Å². The third-order valence-corrected chi connectivity index (χ3v) is 9.23. The molecule has 6 rings (SSSR count). The van der Waals surface area contributed by atoms with E-state index in [1.54, 1.807) is 12.1 Å². The van der Waals surface area contributed by atoms with Crippen LogP contribution in [0.25, 0.3) is 22.2 Å². The Labute approximate surface area is 249 Å². The molecule has 0 saturated heterocycles. The van der Waals surface area contributed by atoms with Crippen molar-refractivity contribution in [3.8, 4) is 11.1 Å². The number of aromatic nitrogens is 4. The van der Waals surface area contributed by atoms with Gasteiger partial charge in [-0.25, -0.2) is 9.78 Å². The van der Waals surface area contributed by atoms with Crippen LogP contribution in [0.15, 0.2) is 48.5 Å². The van der Waals surface area contributed by atoms with Crippen molar-refractivity contribution in [2.45, 2.75) is 110 Å². The van der Waals surface area contributed by atoms with Crippen LogP contribution in [0.3, 0.4) is 0 Å². The molecule has 2 aliphatic rings. The number of carboxylic acids is 1. The number of rotatable bonds is 7. The lowest BCUT2D eigenvalue weighted by atomic mass is 9.84. The Morgan fingerprint density at radius 2 is 1.43 bits per heavy atom. The van der Waals surface area contributed by atoms with Crippen molar-refractivity contribution in [3.05, 3.63) is 76.9 Å². The number of carbonyl (C=O) groups is 1. The van der Waals surface area contributed by atoms with Gasteiger partial charge in [-0.15, -0.1) is 0 Å². The van der Waals surface area contributed by atoms with Gasteiger partial charge in [0.05, 0.1) is 22.5 Å². The first-order valence-electron chi connectivity index (χ1n) is 16.0. The standard InChI is InChI=1S/C36H44N4O2/c1-36(2,3)22-30-37-33-31(26-12-6-4-7-13-26)38-39-32(27-14-8-5-9-15-27)34(33)40(30)23-24-18-20-25(21-19-24)28-16-10-11-17-29(28)35(41)42/h10-11,16-21,26-27H,4-9,12-15,22-23H2,1-3H3,(H,41,42). The molecule has 0 atom stereocenters. The number of carboxylic acid groups (broad SMARTS) is 1. The largest absolute Gasteiger partial charge is 0.478 e. The Hall–Kier alpha value is -3.54. The summed E-state index contributed by atoms with van der Waals surface area (Å²) in [4.78, 5) is 17.2. The zero-order valence-electron chi connectivity index (χ0n) is 25.4. The van der Waals surface area contributed by atoms with Gasteiger partial charge in [-0.3, -0.25) is 0 Å². The third kappa shape index (κ3) is 5.99. The molecule has 6 heteroatoms. The number of fused-ring (bicyclic) bond motifs is 1. The highest BCUT2D eigenvalue weighted by molar-refractivity contribution is 5.96. The molecule has 0 spiro atoms. The van der Waals surface area contributed by atoms with Gasteiger partial charge in [0.1, 0.15) is 11.3 Å². The van der Waals surface area contributed by atoms with Crippen LogP contribution in [0.2, 0.25) is 0 Å². The van der Waals surface area contributed by atoms with Gasteiger partial charge in [0.15, 0.2) is 0 Å². The molecule has 0 radical (unpaired) electrons. The van der Waals surface area contributed by atoms with Gasteiger partial charge in [-0.1, -0.05) is 102 Å². The average molecular weight is 565 g/mol.